The molecule has 1 aromatic heterocycles. The molecule has 0 saturated carbocycles. The molecule has 0 aliphatic rings. The van der Waals surface area contributed by atoms with Gasteiger partial charge in [-0.2, -0.15) is 0 Å². The van der Waals surface area contributed by atoms with E-state index in [0.717, 1.165) is 24.3 Å². The topological polar surface area (TPSA) is 85.3 Å². The molecule has 0 unspecified atom stereocenters. The first-order valence-electron chi connectivity index (χ1n) is 6.75. The van der Waals surface area contributed by atoms with E-state index in [0.29, 0.717) is 6.54 Å². The molecule has 0 spiro atoms. The molecule has 1 aromatic carbocycles. The van der Waals surface area contributed by atoms with Crippen LogP contribution in [0.3, 0.4) is 0 Å². The Morgan fingerprint density at radius 3 is 2.67 bits per heavy atom. The van der Waals surface area contributed by atoms with Gasteiger partial charge in [-0.25, -0.2) is 0 Å². The molecular weight excluding hydrogens is 268 g/mol. The fourth-order valence-corrected chi connectivity index (χ4v) is 2.13. The van der Waals surface area contributed by atoms with Crippen LogP contribution < -0.4 is 5.73 Å². The van der Waals surface area contributed by atoms with Gasteiger partial charge in [0.15, 0.2) is 0 Å². The highest BCUT2D eigenvalue weighted by atomic mass is 16.6. The molecule has 110 valence electrons. The molecule has 0 bridgehead atoms. The molecule has 1 heterocycles. The average molecular weight is 286 g/mol. The Kier molecular flexibility index (Phi) is 4.84. The van der Waals surface area contributed by atoms with Gasteiger partial charge >= 0.3 is 0 Å². The number of nitro benzene ring substituents is 1. The van der Waals surface area contributed by atoms with Crippen molar-refractivity contribution in [1.29, 1.82) is 0 Å². The van der Waals surface area contributed by atoms with E-state index < -0.39 is 4.92 Å². The van der Waals surface area contributed by atoms with Crippen molar-refractivity contribution >= 4 is 11.4 Å². The lowest BCUT2D eigenvalue weighted by atomic mass is 10.1. The Balaban J connectivity index is 2.08. The second-order valence-corrected chi connectivity index (χ2v) is 4.77. The molecule has 21 heavy (non-hydrogen) atoms. The van der Waals surface area contributed by atoms with Crippen molar-refractivity contribution in [2.24, 2.45) is 0 Å². The summed E-state index contributed by atoms with van der Waals surface area (Å²) < 4.78 is 0. The van der Waals surface area contributed by atoms with Gasteiger partial charge in [0, 0.05) is 25.4 Å². The number of anilines is 1. The Bertz CT molecular complexity index is 616. The van der Waals surface area contributed by atoms with Crippen LogP contribution in [0.4, 0.5) is 11.4 Å². The molecule has 0 amide bonds. The van der Waals surface area contributed by atoms with Gasteiger partial charge in [0.05, 0.1) is 10.6 Å². The molecule has 0 atom stereocenters. The normalized spacial score (nSPS) is 10.8. The van der Waals surface area contributed by atoms with Crippen LogP contribution in [0.15, 0.2) is 42.6 Å². The second-order valence-electron chi connectivity index (χ2n) is 4.77. The van der Waals surface area contributed by atoms with Gasteiger partial charge in [-0.3, -0.25) is 20.0 Å². The lowest BCUT2D eigenvalue weighted by Crippen LogP contribution is -2.22. The smallest absolute Gasteiger partial charge is 0.292 e. The van der Waals surface area contributed by atoms with Crippen molar-refractivity contribution in [2.45, 2.75) is 20.0 Å². The lowest BCUT2D eigenvalue weighted by molar-refractivity contribution is -0.383. The van der Waals surface area contributed by atoms with Gasteiger partial charge in [0.2, 0.25) is 0 Å². The van der Waals surface area contributed by atoms with Crippen LogP contribution >= 0.6 is 0 Å². The SMILES string of the molecule is CCN(Cc1ccc([N+](=O)[O-])c(N)c1)Cc1ccccn1. The van der Waals surface area contributed by atoms with E-state index in [1.54, 1.807) is 18.3 Å². The van der Waals surface area contributed by atoms with E-state index in [1.165, 1.54) is 6.07 Å². The summed E-state index contributed by atoms with van der Waals surface area (Å²) in [5, 5.41) is 10.8. The maximum atomic E-state index is 10.8. The first-order valence-corrected chi connectivity index (χ1v) is 6.75. The number of nitro groups is 1. The van der Waals surface area contributed by atoms with Gasteiger partial charge in [-0.15, -0.1) is 0 Å². The van der Waals surface area contributed by atoms with E-state index in [9.17, 15) is 10.1 Å². The zero-order valence-corrected chi connectivity index (χ0v) is 11.9. The van der Waals surface area contributed by atoms with Crippen molar-refractivity contribution in [3.8, 4) is 0 Å². The van der Waals surface area contributed by atoms with E-state index in [-0.39, 0.29) is 11.4 Å². The maximum Gasteiger partial charge on any atom is 0.292 e. The van der Waals surface area contributed by atoms with E-state index >= 15 is 0 Å². The minimum absolute atomic E-state index is 0.0495. The Labute approximate surface area is 123 Å². The van der Waals surface area contributed by atoms with E-state index in [4.69, 9.17) is 5.73 Å². The van der Waals surface area contributed by atoms with Crippen molar-refractivity contribution in [2.75, 3.05) is 12.3 Å². The highest BCUT2D eigenvalue weighted by Gasteiger charge is 2.12. The number of nitrogens with zero attached hydrogens (tertiary/aromatic N) is 3. The van der Waals surface area contributed by atoms with Gasteiger partial charge in [-0.05, 0) is 30.3 Å². The van der Waals surface area contributed by atoms with Crippen LogP contribution in [-0.2, 0) is 13.1 Å². The molecule has 6 heteroatoms. The fourth-order valence-electron chi connectivity index (χ4n) is 2.13. The molecule has 0 fully saturated rings. The van der Waals surface area contributed by atoms with Gasteiger partial charge in [-0.1, -0.05) is 19.1 Å². The molecule has 0 aliphatic carbocycles. The first-order chi connectivity index (χ1) is 10.1. The zero-order chi connectivity index (χ0) is 15.2. The predicted molar refractivity (Wildman–Crippen MR) is 81.5 cm³/mol. The molecular formula is C15H18N4O2. The first kappa shape index (κ1) is 14.9. The monoisotopic (exact) mass is 286 g/mol. The van der Waals surface area contributed by atoms with E-state index in [1.807, 2.05) is 18.2 Å². The number of hydrogen-bond donors (Lipinski definition) is 1. The number of hydrogen-bond acceptors (Lipinski definition) is 5. The van der Waals surface area contributed by atoms with Crippen molar-refractivity contribution < 1.29 is 4.92 Å². The quantitative estimate of drug-likeness (QED) is 0.501. The number of pyridine rings is 1. The summed E-state index contributed by atoms with van der Waals surface area (Å²) >= 11 is 0. The second kappa shape index (κ2) is 6.81. The van der Waals surface area contributed by atoms with Crippen LogP contribution in [0.1, 0.15) is 18.2 Å². The van der Waals surface area contributed by atoms with Gasteiger partial charge in [0.1, 0.15) is 5.69 Å². The molecule has 2 rings (SSSR count). The van der Waals surface area contributed by atoms with Crippen LogP contribution in [0.2, 0.25) is 0 Å². The summed E-state index contributed by atoms with van der Waals surface area (Å²) in [5.41, 5.74) is 7.82. The standard InChI is InChI=1S/C15H18N4O2/c1-2-18(11-13-5-3-4-8-17-13)10-12-6-7-15(19(20)21)14(16)9-12/h3-9H,2,10-11,16H2,1H3. The zero-order valence-electron chi connectivity index (χ0n) is 11.9. The van der Waals surface area contributed by atoms with Crippen molar-refractivity contribution in [1.82, 2.24) is 9.88 Å². The molecule has 0 radical (unpaired) electrons. The average Bonchev–Trinajstić information content (AvgIpc) is 2.47. The number of nitrogen functional groups attached to an aromatic ring is 1. The minimum atomic E-state index is -0.468. The van der Waals surface area contributed by atoms with Crippen LogP contribution in [0.5, 0.6) is 0 Å². The van der Waals surface area contributed by atoms with Crippen LogP contribution in [0, 0.1) is 10.1 Å². The number of rotatable bonds is 6. The van der Waals surface area contributed by atoms with Gasteiger partial charge in [0.25, 0.3) is 5.69 Å². The van der Waals surface area contributed by atoms with Crippen LogP contribution in [-0.4, -0.2) is 21.4 Å². The summed E-state index contributed by atoms with van der Waals surface area (Å²) in [5.74, 6) is 0. The summed E-state index contributed by atoms with van der Waals surface area (Å²) in [7, 11) is 0. The summed E-state index contributed by atoms with van der Waals surface area (Å²) in [6.45, 7) is 4.33. The summed E-state index contributed by atoms with van der Waals surface area (Å²) in [6, 6.07) is 10.7. The summed E-state index contributed by atoms with van der Waals surface area (Å²) in [6.07, 6.45) is 1.77. The van der Waals surface area contributed by atoms with Gasteiger partial charge < -0.3 is 5.73 Å². The number of aromatic nitrogens is 1. The fraction of sp³-hybridized carbons (Fsp3) is 0.267. The van der Waals surface area contributed by atoms with Crippen molar-refractivity contribution in [3.05, 3.63) is 64.0 Å². The number of benzene rings is 1. The largest absolute Gasteiger partial charge is 0.393 e. The molecule has 6 nitrogen and oxygen atoms in total. The Morgan fingerprint density at radius 2 is 2.10 bits per heavy atom. The highest BCUT2D eigenvalue weighted by Crippen LogP contribution is 2.23. The molecule has 2 aromatic rings. The third-order valence-corrected chi connectivity index (χ3v) is 3.25. The minimum Gasteiger partial charge on any atom is -0.393 e. The molecule has 0 saturated heterocycles. The maximum absolute atomic E-state index is 10.8. The van der Waals surface area contributed by atoms with Crippen LogP contribution in [0.25, 0.3) is 0 Å². The lowest BCUT2D eigenvalue weighted by Gasteiger charge is -2.20. The Morgan fingerprint density at radius 1 is 1.29 bits per heavy atom. The highest BCUT2D eigenvalue weighted by molar-refractivity contribution is 5.59. The van der Waals surface area contributed by atoms with Crippen molar-refractivity contribution in [3.63, 3.8) is 0 Å². The third-order valence-electron chi connectivity index (χ3n) is 3.25. The Hall–Kier alpha value is -2.47. The number of nitrogens with two attached hydrogens (primary N) is 1. The molecule has 2 N–H and O–H groups in total. The van der Waals surface area contributed by atoms with E-state index in [2.05, 4.69) is 16.8 Å². The third kappa shape index (κ3) is 4.00. The summed E-state index contributed by atoms with van der Waals surface area (Å²) in [4.78, 5) is 16.8. The predicted octanol–water partition coefficient (Wildman–Crippen LogP) is 2.59. The molecule has 0 aliphatic heterocycles.